The van der Waals surface area contributed by atoms with E-state index in [2.05, 4.69) is 20.1 Å². The largest absolute Gasteiger partial charge is 0.396 e. The summed E-state index contributed by atoms with van der Waals surface area (Å²) in [6, 6.07) is 18.1. The SMILES string of the molecule is CCC1C[C@H](OC)C(N=[N+]=[N-])[C@@H](OCc2ccccc2)[C@@H]1O.CO[C@H]1CC(CO)[C@@H](O)[C@H](OCc2ccccc2)C1N=[N+]=[N-]. The van der Waals surface area contributed by atoms with E-state index >= 15 is 0 Å². The van der Waals surface area contributed by atoms with Gasteiger partial charge in [0.15, 0.2) is 0 Å². The molecular formula is C31H44N6O7. The van der Waals surface area contributed by atoms with Crippen LogP contribution in [0.4, 0.5) is 0 Å². The van der Waals surface area contributed by atoms with Gasteiger partial charge in [-0.15, -0.1) is 0 Å². The molecular weight excluding hydrogens is 568 g/mol. The van der Waals surface area contributed by atoms with E-state index in [1.54, 1.807) is 7.11 Å². The average molecular weight is 613 g/mol. The van der Waals surface area contributed by atoms with Crippen molar-refractivity contribution in [2.45, 2.75) is 88.1 Å². The van der Waals surface area contributed by atoms with E-state index in [0.717, 1.165) is 17.5 Å². The van der Waals surface area contributed by atoms with Crippen LogP contribution in [-0.4, -0.2) is 84.9 Å². The van der Waals surface area contributed by atoms with E-state index in [4.69, 9.17) is 30.0 Å². The summed E-state index contributed by atoms with van der Waals surface area (Å²) in [5, 5.41) is 37.9. The highest BCUT2D eigenvalue weighted by Gasteiger charge is 2.45. The molecule has 0 heterocycles. The molecule has 2 aromatic carbocycles. The molecule has 0 spiro atoms. The normalized spacial score (nSPS) is 31.5. The third-order valence-electron chi connectivity index (χ3n) is 8.45. The number of hydrogen-bond donors (Lipinski definition) is 3. The van der Waals surface area contributed by atoms with Crippen LogP contribution in [-0.2, 0) is 32.2 Å². The van der Waals surface area contributed by atoms with Gasteiger partial charge in [0.05, 0.1) is 61.9 Å². The molecule has 2 aromatic rings. The summed E-state index contributed by atoms with van der Waals surface area (Å²) in [7, 11) is 3.12. The molecule has 0 aromatic heterocycles. The quantitative estimate of drug-likeness (QED) is 0.175. The fourth-order valence-electron chi connectivity index (χ4n) is 5.91. The van der Waals surface area contributed by atoms with E-state index in [-0.39, 0.29) is 31.2 Å². The number of hydrogen-bond acceptors (Lipinski definition) is 9. The summed E-state index contributed by atoms with van der Waals surface area (Å²) >= 11 is 0. The van der Waals surface area contributed by atoms with Crippen molar-refractivity contribution in [3.05, 3.63) is 92.7 Å². The zero-order chi connectivity index (χ0) is 31.9. The lowest BCUT2D eigenvalue weighted by molar-refractivity contribution is -0.144. The molecule has 13 heteroatoms. The maximum atomic E-state index is 10.6. The Bertz CT molecular complexity index is 1110. The maximum Gasteiger partial charge on any atom is 0.0951 e. The topological polar surface area (TPSA) is 195 Å². The second kappa shape index (κ2) is 18.6. The Hall–Kier alpha value is -3.22. The van der Waals surface area contributed by atoms with Crippen LogP contribution >= 0.6 is 0 Å². The number of methoxy groups -OCH3 is 2. The smallest absolute Gasteiger partial charge is 0.0951 e. The van der Waals surface area contributed by atoms with Gasteiger partial charge in [0.2, 0.25) is 0 Å². The van der Waals surface area contributed by atoms with Gasteiger partial charge >= 0.3 is 0 Å². The number of rotatable bonds is 12. The van der Waals surface area contributed by atoms with Gasteiger partial charge in [-0.2, -0.15) is 0 Å². The first-order valence-corrected chi connectivity index (χ1v) is 14.8. The van der Waals surface area contributed by atoms with Gasteiger partial charge in [-0.05, 0) is 40.9 Å². The van der Waals surface area contributed by atoms with Gasteiger partial charge < -0.3 is 34.3 Å². The van der Waals surface area contributed by atoms with Crippen LogP contribution in [0.2, 0.25) is 0 Å². The van der Waals surface area contributed by atoms with Crippen molar-refractivity contribution in [2.24, 2.45) is 22.1 Å². The minimum atomic E-state index is -0.907. The number of aliphatic hydroxyl groups excluding tert-OH is 3. The number of nitrogens with zero attached hydrogens (tertiary/aromatic N) is 6. The predicted molar refractivity (Wildman–Crippen MR) is 163 cm³/mol. The van der Waals surface area contributed by atoms with Gasteiger partial charge in [-0.3, -0.25) is 0 Å². The molecule has 4 rings (SSSR count). The fourth-order valence-corrected chi connectivity index (χ4v) is 5.91. The number of aliphatic hydroxyl groups is 3. The highest BCUT2D eigenvalue weighted by atomic mass is 16.5. The van der Waals surface area contributed by atoms with Gasteiger partial charge in [-0.25, -0.2) is 0 Å². The first-order chi connectivity index (χ1) is 21.4. The third kappa shape index (κ3) is 9.39. The van der Waals surface area contributed by atoms with Crippen molar-refractivity contribution in [1.29, 1.82) is 0 Å². The Morgan fingerprint density at radius 3 is 1.50 bits per heavy atom. The molecule has 44 heavy (non-hydrogen) atoms. The summed E-state index contributed by atoms with van der Waals surface area (Å²) in [6.45, 7) is 2.51. The number of azide groups is 2. The second-order valence-electron chi connectivity index (χ2n) is 11.0. The van der Waals surface area contributed by atoms with Crippen LogP contribution in [0, 0.1) is 11.8 Å². The first kappa shape index (κ1) is 35.3. The number of benzene rings is 2. The van der Waals surface area contributed by atoms with Crippen LogP contribution < -0.4 is 0 Å². The average Bonchev–Trinajstić information content (AvgIpc) is 3.06. The summed E-state index contributed by atoms with van der Waals surface area (Å²) in [6.07, 6.45) is -1.54. The fraction of sp³-hybridized carbons (Fsp3) is 0.613. The Morgan fingerprint density at radius 2 is 1.14 bits per heavy atom. The zero-order valence-corrected chi connectivity index (χ0v) is 25.4. The molecule has 240 valence electrons. The lowest BCUT2D eigenvalue weighted by Gasteiger charge is -2.42. The van der Waals surface area contributed by atoms with Gasteiger partial charge in [0, 0.05) is 36.6 Å². The standard InChI is InChI=1S/C16H23N3O3.C15H21N3O4/c1-3-12-9-13(21-2)14(18-19-17)16(15(12)20)22-10-11-7-5-4-6-8-11;1-21-12-7-11(8-19)14(20)15(13(12)17-18-16)22-9-10-5-3-2-4-6-10/h4-8,12-16,20H,3,9-10H2,1-2H3;2-6,11-15,19-20H,7-9H2,1H3/t12?,13-,14?,15+,16+;11?,12-,13?,14+,15+/m00/s1. The van der Waals surface area contributed by atoms with E-state index in [1.165, 1.54) is 7.11 Å². The van der Waals surface area contributed by atoms with Gasteiger partial charge in [-0.1, -0.05) is 84.2 Å². The monoisotopic (exact) mass is 612 g/mol. The van der Waals surface area contributed by atoms with Crippen LogP contribution in [0.1, 0.15) is 37.3 Å². The van der Waals surface area contributed by atoms with Crippen molar-refractivity contribution in [2.75, 3.05) is 20.8 Å². The minimum Gasteiger partial charge on any atom is -0.396 e. The Kier molecular flexibility index (Phi) is 14.9. The molecule has 0 saturated heterocycles. The van der Waals surface area contributed by atoms with Crippen LogP contribution in [0.3, 0.4) is 0 Å². The molecule has 3 N–H and O–H groups in total. The Labute approximate surface area is 258 Å². The van der Waals surface area contributed by atoms with E-state index in [9.17, 15) is 15.3 Å². The van der Waals surface area contributed by atoms with Crippen molar-refractivity contribution in [3.63, 3.8) is 0 Å². The Balaban J connectivity index is 0.000000240. The molecule has 10 atom stereocenters. The first-order valence-electron chi connectivity index (χ1n) is 14.8. The molecule has 2 fully saturated rings. The summed E-state index contributed by atoms with van der Waals surface area (Å²) in [5.41, 5.74) is 19.5. The lowest BCUT2D eigenvalue weighted by Crippen LogP contribution is -2.55. The minimum absolute atomic E-state index is 0.0795. The van der Waals surface area contributed by atoms with Crippen molar-refractivity contribution >= 4 is 0 Å². The molecule has 13 nitrogen and oxygen atoms in total. The molecule has 0 radical (unpaired) electrons. The molecule has 0 amide bonds. The molecule has 2 aliphatic rings. The summed E-state index contributed by atoms with van der Waals surface area (Å²) in [4.78, 5) is 5.74. The van der Waals surface area contributed by atoms with Gasteiger partial charge in [0.25, 0.3) is 0 Å². The Morgan fingerprint density at radius 1 is 0.727 bits per heavy atom. The molecule has 0 bridgehead atoms. The van der Waals surface area contributed by atoms with Crippen LogP contribution in [0.15, 0.2) is 70.9 Å². The highest BCUT2D eigenvalue weighted by molar-refractivity contribution is 5.14. The summed E-state index contributed by atoms with van der Waals surface area (Å²) in [5.74, 6) is -0.285. The second-order valence-corrected chi connectivity index (χ2v) is 11.0. The maximum absolute atomic E-state index is 10.6. The lowest BCUT2D eigenvalue weighted by atomic mass is 9.78. The van der Waals surface area contributed by atoms with E-state index < -0.39 is 42.6 Å². The van der Waals surface area contributed by atoms with E-state index in [1.807, 2.05) is 67.6 Å². The molecule has 2 saturated carbocycles. The summed E-state index contributed by atoms with van der Waals surface area (Å²) < 4.78 is 22.5. The zero-order valence-electron chi connectivity index (χ0n) is 25.4. The van der Waals surface area contributed by atoms with Crippen molar-refractivity contribution in [3.8, 4) is 0 Å². The van der Waals surface area contributed by atoms with Crippen molar-refractivity contribution in [1.82, 2.24) is 0 Å². The number of ether oxygens (including phenoxy) is 4. The molecule has 0 aliphatic heterocycles. The third-order valence-corrected chi connectivity index (χ3v) is 8.45. The van der Waals surface area contributed by atoms with Crippen molar-refractivity contribution < 1.29 is 34.3 Å². The molecule has 4 unspecified atom stereocenters. The predicted octanol–water partition coefficient (Wildman–Crippen LogP) is 4.70. The highest BCUT2D eigenvalue weighted by Crippen LogP contribution is 2.34. The van der Waals surface area contributed by atoms with E-state index in [0.29, 0.717) is 19.4 Å². The molecule has 2 aliphatic carbocycles. The van der Waals surface area contributed by atoms with Gasteiger partial charge in [0.1, 0.15) is 0 Å². The van der Waals surface area contributed by atoms with Crippen LogP contribution in [0.25, 0.3) is 20.9 Å². The van der Waals surface area contributed by atoms with Crippen LogP contribution in [0.5, 0.6) is 0 Å².